The van der Waals surface area contributed by atoms with E-state index >= 15 is 0 Å². The molecule has 0 unspecified atom stereocenters. The number of benzene rings is 1. The molecule has 0 atom stereocenters. The van der Waals surface area contributed by atoms with E-state index in [0.717, 1.165) is 4.31 Å². The number of hydrogen-bond acceptors (Lipinski definition) is 3. The Morgan fingerprint density at radius 2 is 1.82 bits per heavy atom. The van der Waals surface area contributed by atoms with Gasteiger partial charge in [0.1, 0.15) is 0 Å². The molecule has 1 aromatic carbocycles. The van der Waals surface area contributed by atoms with Gasteiger partial charge in [-0.05, 0) is 26.0 Å². The van der Waals surface area contributed by atoms with E-state index in [2.05, 4.69) is 4.72 Å². The van der Waals surface area contributed by atoms with E-state index in [0.29, 0.717) is 11.3 Å². The van der Waals surface area contributed by atoms with Crippen molar-refractivity contribution in [2.75, 3.05) is 4.72 Å². The Labute approximate surface area is 123 Å². The zero-order chi connectivity index (χ0) is 11.9. The molecule has 0 radical (unpaired) electrons. The number of amides is 1. The number of fused-ring (bicyclic) bond motifs is 1. The third-order valence-corrected chi connectivity index (χ3v) is 3.91. The molecule has 0 saturated heterocycles. The number of hydrogen-bond donors (Lipinski definition) is 1. The van der Waals surface area contributed by atoms with Crippen LogP contribution in [0.1, 0.15) is 24.2 Å². The second-order valence-electron chi connectivity index (χ2n) is 3.85. The molecule has 0 spiro atoms. The summed E-state index contributed by atoms with van der Waals surface area (Å²) in [5, 5.41) is 0. The van der Waals surface area contributed by atoms with E-state index in [1.807, 2.05) is 0 Å². The van der Waals surface area contributed by atoms with Crippen molar-refractivity contribution in [3.63, 3.8) is 0 Å². The van der Waals surface area contributed by atoms with Crippen molar-refractivity contribution in [2.45, 2.75) is 19.9 Å². The summed E-state index contributed by atoms with van der Waals surface area (Å²) in [4.78, 5) is 12.0. The molecule has 0 saturated carbocycles. The standard InChI is InChI=1S/C10H12N2O3S.Na.H/c1-7(2)12-10(13)8-5-3-4-6-9(8)11-16(12,14)15;;/h3-7,11H,1-2H3;;. The number of para-hydroxylation sites is 1. The second-order valence-corrected chi connectivity index (χ2v) is 5.40. The van der Waals surface area contributed by atoms with Crippen LogP contribution in [0.5, 0.6) is 0 Å². The number of nitrogens with one attached hydrogen (secondary N) is 1. The fraction of sp³-hybridized carbons (Fsp3) is 0.300. The molecule has 1 aromatic rings. The molecule has 5 nitrogen and oxygen atoms in total. The molecule has 0 fully saturated rings. The normalized spacial score (nSPS) is 17.1. The molecule has 17 heavy (non-hydrogen) atoms. The predicted octanol–water partition coefficient (Wildman–Crippen LogP) is 0.559. The average molecular weight is 264 g/mol. The van der Waals surface area contributed by atoms with Crippen LogP contribution in [0.2, 0.25) is 0 Å². The van der Waals surface area contributed by atoms with Crippen molar-refractivity contribution in [1.29, 1.82) is 0 Å². The molecule has 2 rings (SSSR count). The van der Waals surface area contributed by atoms with Gasteiger partial charge in [-0.15, -0.1) is 0 Å². The molecule has 1 aliphatic rings. The Morgan fingerprint density at radius 1 is 1.24 bits per heavy atom. The number of rotatable bonds is 1. The summed E-state index contributed by atoms with van der Waals surface area (Å²) in [6.07, 6.45) is 0. The van der Waals surface area contributed by atoms with Gasteiger partial charge in [0.05, 0.1) is 11.3 Å². The summed E-state index contributed by atoms with van der Waals surface area (Å²) in [6.45, 7) is 3.32. The van der Waals surface area contributed by atoms with E-state index in [1.165, 1.54) is 0 Å². The van der Waals surface area contributed by atoms with Gasteiger partial charge in [0.2, 0.25) is 0 Å². The van der Waals surface area contributed by atoms with Crippen molar-refractivity contribution in [3.05, 3.63) is 29.8 Å². The molecule has 0 aromatic heterocycles. The van der Waals surface area contributed by atoms with Crippen LogP contribution in [0.4, 0.5) is 5.69 Å². The molecule has 1 aliphatic heterocycles. The summed E-state index contributed by atoms with van der Waals surface area (Å²) < 4.78 is 26.8. The van der Waals surface area contributed by atoms with E-state index < -0.39 is 22.2 Å². The molecule has 1 heterocycles. The van der Waals surface area contributed by atoms with E-state index in [9.17, 15) is 13.2 Å². The van der Waals surface area contributed by atoms with Crippen LogP contribution in [-0.2, 0) is 10.2 Å². The fourth-order valence-electron chi connectivity index (χ4n) is 1.69. The zero-order valence-electron chi connectivity index (χ0n) is 8.97. The number of anilines is 1. The second kappa shape index (κ2) is 4.97. The molecular weight excluding hydrogens is 251 g/mol. The Bertz CT molecular complexity index is 542. The van der Waals surface area contributed by atoms with Gasteiger partial charge in [-0.2, -0.15) is 8.42 Å². The van der Waals surface area contributed by atoms with Gasteiger partial charge in [0.15, 0.2) is 0 Å². The first-order valence-electron chi connectivity index (χ1n) is 4.89. The van der Waals surface area contributed by atoms with Gasteiger partial charge in [0.25, 0.3) is 5.91 Å². The van der Waals surface area contributed by atoms with Crippen molar-refractivity contribution in [3.8, 4) is 0 Å². The molecule has 7 heteroatoms. The Balaban J connectivity index is 0.00000144. The molecule has 1 N–H and O–H groups in total. The number of carbonyl (C=O) groups is 1. The third-order valence-electron chi connectivity index (χ3n) is 2.32. The van der Waals surface area contributed by atoms with Gasteiger partial charge in [0, 0.05) is 6.04 Å². The van der Waals surface area contributed by atoms with Crippen LogP contribution in [-0.4, -0.2) is 54.2 Å². The van der Waals surface area contributed by atoms with Gasteiger partial charge >= 0.3 is 39.8 Å². The minimum atomic E-state index is -3.75. The first kappa shape index (κ1) is 14.5. The predicted molar refractivity (Wildman–Crippen MR) is 67.4 cm³/mol. The number of carbonyl (C=O) groups excluding carboxylic acids is 1. The van der Waals surface area contributed by atoms with Crippen molar-refractivity contribution >= 4 is 51.4 Å². The van der Waals surface area contributed by atoms with Crippen LogP contribution in [0.15, 0.2) is 24.3 Å². The van der Waals surface area contributed by atoms with E-state index in [-0.39, 0.29) is 29.6 Å². The van der Waals surface area contributed by atoms with Gasteiger partial charge < -0.3 is 0 Å². The minimum absolute atomic E-state index is 0. The molecule has 1 amide bonds. The van der Waals surface area contributed by atoms with Crippen LogP contribution in [0, 0.1) is 0 Å². The zero-order valence-corrected chi connectivity index (χ0v) is 9.78. The summed E-state index contributed by atoms with van der Waals surface area (Å²) in [5.74, 6) is -0.482. The third kappa shape index (κ3) is 2.49. The van der Waals surface area contributed by atoms with Crippen LogP contribution < -0.4 is 4.72 Å². The fourth-order valence-corrected chi connectivity index (χ4v) is 3.11. The van der Waals surface area contributed by atoms with Gasteiger partial charge in [-0.1, -0.05) is 12.1 Å². The van der Waals surface area contributed by atoms with Crippen molar-refractivity contribution in [1.82, 2.24) is 4.31 Å². The maximum atomic E-state index is 12.0. The topological polar surface area (TPSA) is 66.5 Å². The quantitative estimate of drug-likeness (QED) is 0.754. The Morgan fingerprint density at radius 3 is 2.41 bits per heavy atom. The Hall–Kier alpha value is -0.560. The SMILES string of the molecule is CC(C)N1C(=O)c2ccccc2NS1(=O)=O.[NaH]. The van der Waals surface area contributed by atoms with E-state index in [4.69, 9.17) is 0 Å². The van der Waals surface area contributed by atoms with Crippen molar-refractivity contribution in [2.24, 2.45) is 0 Å². The van der Waals surface area contributed by atoms with Crippen LogP contribution >= 0.6 is 0 Å². The van der Waals surface area contributed by atoms with E-state index in [1.54, 1.807) is 38.1 Å². The summed E-state index contributed by atoms with van der Waals surface area (Å²) in [5.41, 5.74) is 0.718. The summed E-state index contributed by atoms with van der Waals surface area (Å²) in [6, 6.07) is 6.16. The summed E-state index contributed by atoms with van der Waals surface area (Å²) in [7, 11) is -3.75. The van der Waals surface area contributed by atoms with Crippen LogP contribution in [0.3, 0.4) is 0 Å². The maximum absolute atomic E-state index is 12.0. The average Bonchev–Trinajstić information content (AvgIpc) is 2.15. The molecular formula is C10H13N2NaO3S. The Kier molecular flexibility index (Phi) is 4.24. The molecule has 0 aliphatic carbocycles. The molecule has 0 bridgehead atoms. The molecule has 88 valence electrons. The van der Waals surface area contributed by atoms with Crippen molar-refractivity contribution < 1.29 is 13.2 Å². The summed E-state index contributed by atoms with van der Waals surface area (Å²) >= 11 is 0. The van der Waals surface area contributed by atoms with Gasteiger partial charge in [-0.25, -0.2) is 4.31 Å². The van der Waals surface area contributed by atoms with Gasteiger partial charge in [-0.3, -0.25) is 9.52 Å². The number of nitrogens with zero attached hydrogens (tertiary/aromatic N) is 1. The first-order chi connectivity index (χ1) is 7.43. The van der Waals surface area contributed by atoms with Crippen LogP contribution in [0.25, 0.3) is 0 Å². The monoisotopic (exact) mass is 264 g/mol. The first-order valence-corrected chi connectivity index (χ1v) is 6.33.